The normalized spacial score (nSPS) is 21.1. The fourth-order valence-corrected chi connectivity index (χ4v) is 4.79. The minimum Gasteiger partial charge on any atom is -0.394 e. The molecular weight excluding hydrogens is 443 g/mol. The third kappa shape index (κ3) is 3.24. The van der Waals surface area contributed by atoms with E-state index in [0.29, 0.717) is 12.1 Å². The van der Waals surface area contributed by atoms with Crippen molar-refractivity contribution in [1.29, 1.82) is 0 Å². The van der Waals surface area contributed by atoms with Gasteiger partial charge in [-0.2, -0.15) is 4.98 Å². The van der Waals surface area contributed by atoms with Gasteiger partial charge in [0.15, 0.2) is 11.2 Å². The molecule has 11 heteroatoms. The van der Waals surface area contributed by atoms with Crippen LogP contribution in [-0.4, -0.2) is 48.5 Å². The van der Waals surface area contributed by atoms with Crippen molar-refractivity contribution in [3.05, 3.63) is 63.7 Å². The van der Waals surface area contributed by atoms with Crippen LogP contribution in [0.25, 0.3) is 22.3 Å². The van der Waals surface area contributed by atoms with Crippen molar-refractivity contribution in [3.8, 4) is 11.1 Å². The van der Waals surface area contributed by atoms with E-state index < -0.39 is 24.0 Å². The van der Waals surface area contributed by atoms with Crippen LogP contribution in [0, 0.1) is 5.82 Å². The molecule has 3 heterocycles. The Balaban J connectivity index is 1.41. The van der Waals surface area contributed by atoms with Gasteiger partial charge in [0, 0.05) is 12.1 Å². The van der Waals surface area contributed by atoms with Crippen LogP contribution in [0.3, 0.4) is 0 Å². The third-order valence-electron chi connectivity index (χ3n) is 6.34. The maximum Gasteiger partial charge on any atom is 0.280 e. The van der Waals surface area contributed by atoms with Crippen LogP contribution in [-0.2, 0) is 11.2 Å². The molecule has 1 saturated heterocycles. The first-order chi connectivity index (χ1) is 16.4. The number of H-pyrrole nitrogens is 1. The monoisotopic (exact) mass is 464 g/mol. The summed E-state index contributed by atoms with van der Waals surface area (Å²) in [6.07, 6.45) is -1.62. The number of aromatic amines is 1. The van der Waals surface area contributed by atoms with Crippen LogP contribution in [0.2, 0.25) is 0 Å². The maximum atomic E-state index is 13.7. The minimum absolute atomic E-state index is 0.0614. The number of hydrogen-bond acceptors (Lipinski definition) is 8. The van der Waals surface area contributed by atoms with E-state index in [-0.39, 0.29) is 41.9 Å². The quantitative estimate of drug-likeness (QED) is 0.270. The highest BCUT2D eigenvalue weighted by atomic mass is 19.1. The van der Waals surface area contributed by atoms with Crippen LogP contribution < -0.4 is 16.6 Å². The highest BCUT2D eigenvalue weighted by Crippen LogP contribution is 2.39. The fourth-order valence-electron chi connectivity index (χ4n) is 4.79. The van der Waals surface area contributed by atoms with Crippen LogP contribution in [0.15, 0.2) is 41.2 Å². The molecule has 1 fully saturated rings. The largest absolute Gasteiger partial charge is 0.394 e. The van der Waals surface area contributed by atoms with Gasteiger partial charge >= 0.3 is 0 Å². The lowest BCUT2D eigenvalue weighted by molar-refractivity contribution is -0.0425. The first-order valence-corrected chi connectivity index (χ1v) is 10.8. The Labute approximate surface area is 191 Å². The number of nitrogen functional groups attached to an aromatic ring is 1. The lowest BCUT2D eigenvalue weighted by atomic mass is 10.1. The molecule has 2 aromatic carbocycles. The number of aromatic nitrogens is 4. The number of hydrogen-bond donors (Lipinski definition) is 5. The molecule has 0 unspecified atom stereocenters. The number of nitrogens with zero attached hydrogens (tertiary/aromatic N) is 3. The molecule has 1 aliphatic heterocycles. The Morgan fingerprint density at radius 3 is 2.74 bits per heavy atom. The van der Waals surface area contributed by atoms with Crippen LogP contribution in [0.5, 0.6) is 0 Å². The van der Waals surface area contributed by atoms with Gasteiger partial charge in [0.25, 0.3) is 5.56 Å². The zero-order chi connectivity index (χ0) is 23.6. The second kappa shape index (κ2) is 7.62. The average Bonchev–Trinajstić information content (AvgIpc) is 3.45. The summed E-state index contributed by atoms with van der Waals surface area (Å²) in [4.78, 5) is 23.6. The summed E-state index contributed by atoms with van der Waals surface area (Å²) in [6.45, 7) is -0.352. The molecule has 0 radical (unpaired) electrons. The summed E-state index contributed by atoms with van der Waals surface area (Å²) in [7, 11) is 0. The number of rotatable bonds is 4. The van der Waals surface area contributed by atoms with E-state index in [4.69, 9.17) is 10.5 Å². The first-order valence-electron chi connectivity index (χ1n) is 10.8. The number of nitrogens with one attached hydrogen (secondary N) is 2. The van der Waals surface area contributed by atoms with E-state index in [1.807, 2.05) is 18.2 Å². The summed E-state index contributed by atoms with van der Waals surface area (Å²) in [5, 5.41) is 23.0. The number of anilines is 3. The predicted octanol–water partition coefficient (Wildman–Crippen LogP) is 1.80. The molecule has 34 heavy (non-hydrogen) atoms. The Morgan fingerprint density at radius 2 is 1.97 bits per heavy atom. The topological polar surface area (TPSA) is 151 Å². The van der Waals surface area contributed by atoms with Gasteiger partial charge in [-0.3, -0.25) is 14.3 Å². The van der Waals surface area contributed by atoms with Crippen LogP contribution in [0.4, 0.5) is 22.0 Å². The lowest BCUT2D eigenvalue weighted by Crippen LogP contribution is -2.24. The number of aliphatic hydroxyl groups is 2. The summed E-state index contributed by atoms with van der Waals surface area (Å²) < 4.78 is 21.1. The van der Waals surface area contributed by atoms with Crippen LogP contribution >= 0.6 is 0 Å². The van der Waals surface area contributed by atoms with E-state index in [2.05, 4.69) is 20.3 Å². The molecule has 0 bridgehead atoms. The summed E-state index contributed by atoms with van der Waals surface area (Å²) >= 11 is 0. The molecule has 1 aliphatic carbocycles. The van der Waals surface area contributed by atoms with E-state index in [1.165, 1.54) is 6.07 Å². The molecule has 2 aliphatic rings. The number of ether oxygens (including phenoxy) is 1. The molecule has 4 aromatic rings. The van der Waals surface area contributed by atoms with Crippen molar-refractivity contribution < 1.29 is 19.3 Å². The van der Waals surface area contributed by atoms with Gasteiger partial charge in [-0.05, 0) is 52.9 Å². The molecular formula is C23H21FN6O4. The Kier molecular flexibility index (Phi) is 4.66. The summed E-state index contributed by atoms with van der Waals surface area (Å²) in [5.74, 6) is -0.0728. The SMILES string of the molecule is Nc1nc2c(nc(Nc3ccc4c(c3)Cc3cc(F)ccc3-4)n2[C@H]2C[C@H](O)[C@@H](CO)O2)c(=O)[nH]1. The van der Waals surface area contributed by atoms with Gasteiger partial charge < -0.3 is 26.0 Å². The molecule has 6 rings (SSSR count). The van der Waals surface area contributed by atoms with Crippen molar-refractivity contribution in [2.75, 3.05) is 17.7 Å². The first kappa shape index (κ1) is 20.8. The summed E-state index contributed by atoms with van der Waals surface area (Å²) in [6, 6.07) is 10.6. The molecule has 0 amide bonds. The molecule has 174 valence electrons. The number of aliphatic hydroxyl groups excluding tert-OH is 2. The second-order valence-electron chi connectivity index (χ2n) is 8.52. The van der Waals surface area contributed by atoms with Gasteiger partial charge in [0.2, 0.25) is 11.9 Å². The van der Waals surface area contributed by atoms with Gasteiger partial charge in [-0.15, -0.1) is 0 Å². The number of fused-ring (bicyclic) bond motifs is 4. The molecule has 2 aromatic heterocycles. The molecule has 0 saturated carbocycles. The van der Waals surface area contributed by atoms with Crippen molar-refractivity contribution in [3.63, 3.8) is 0 Å². The highest BCUT2D eigenvalue weighted by Gasteiger charge is 2.37. The van der Waals surface area contributed by atoms with Gasteiger partial charge in [0.1, 0.15) is 18.1 Å². The van der Waals surface area contributed by atoms with Gasteiger partial charge in [-0.1, -0.05) is 12.1 Å². The molecule has 3 atom stereocenters. The third-order valence-corrected chi connectivity index (χ3v) is 6.34. The summed E-state index contributed by atoms with van der Waals surface area (Å²) in [5.41, 5.74) is 10.2. The Morgan fingerprint density at radius 1 is 1.21 bits per heavy atom. The zero-order valence-corrected chi connectivity index (χ0v) is 17.8. The Bertz CT molecular complexity index is 1500. The number of halogens is 1. The second-order valence-corrected chi connectivity index (χ2v) is 8.52. The van der Waals surface area contributed by atoms with Crippen molar-refractivity contribution in [1.82, 2.24) is 19.5 Å². The van der Waals surface area contributed by atoms with E-state index in [9.17, 15) is 19.4 Å². The maximum absolute atomic E-state index is 13.7. The van der Waals surface area contributed by atoms with Crippen molar-refractivity contribution >= 4 is 28.7 Å². The number of imidazole rings is 1. The standard InChI is InChI=1S/C23H21FN6O4/c24-12-1-3-14-10(6-12)5-11-7-13(2-4-15(11)14)26-23-27-19-20(28-22(25)29-21(19)33)30(23)18-8-16(32)17(9-31)34-18/h1-4,6-7,16-18,31-32H,5,8-9H2,(H,26,27)(H3,25,28,29,33)/t16-,17+,18+/m0/s1. The average molecular weight is 464 g/mol. The molecule has 0 spiro atoms. The predicted molar refractivity (Wildman–Crippen MR) is 122 cm³/mol. The van der Waals surface area contributed by atoms with Crippen LogP contribution in [0.1, 0.15) is 23.8 Å². The number of nitrogens with two attached hydrogens (primary N) is 1. The highest BCUT2D eigenvalue weighted by molar-refractivity contribution is 5.80. The van der Waals surface area contributed by atoms with Gasteiger partial charge in [-0.25, -0.2) is 9.37 Å². The Hall–Kier alpha value is -3.80. The van der Waals surface area contributed by atoms with Gasteiger partial charge in [0.05, 0.1) is 12.7 Å². The van der Waals surface area contributed by atoms with E-state index >= 15 is 0 Å². The smallest absolute Gasteiger partial charge is 0.280 e. The van der Waals surface area contributed by atoms with Crippen molar-refractivity contribution in [2.45, 2.75) is 31.3 Å². The number of benzene rings is 2. The van der Waals surface area contributed by atoms with E-state index in [1.54, 1.807) is 16.7 Å². The fraction of sp³-hybridized carbons (Fsp3) is 0.261. The van der Waals surface area contributed by atoms with E-state index in [0.717, 1.165) is 22.3 Å². The molecule has 6 N–H and O–H groups in total. The lowest BCUT2D eigenvalue weighted by Gasteiger charge is -2.17. The van der Waals surface area contributed by atoms with Crippen molar-refractivity contribution in [2.24, 2.45) is 0 Å². The zero-order valence-electron chi connectivity index (χ0n) is 17.8. The minimum atomic E-state index is -0.890. The molecule has 10 nitrogen and oxygen atoms in total.